The van der Waals surface area contributed by atoms with Crippen LogP contribution in [0.1, 0.15) is 26.2 Å². The Morgan fingerprint density at radius 1 is 1.47 bits per heavy atom. The van der Waals surface area contributed by atoms with Crippen molar-refractivity contribution in [1.82, 2.24) is 4.90 Å². The highest BCUT2D eigenvalue weighted by atomic mass is 16.5. The molecule has 1 heterocycles. The molecule has 1 saturated carbocycles. The van der Waals surface area contributed by atoms with Crippen LogP contribution >= 0.6 is 0 Å². The van der Waals surface area contributed by atoms with Crippen LogP contribution in [0.3, 0.4) is 0 Å². The molecule has 1 N–H and O–H groups in total. The second-order valence-corrected chi connectivity index (χ2v) is 5.00. The van der Waals surface area contributed by atoms with E-state index >= 15 is 0 Å². The summed E-state index contributed by atoms with van der Waals surface area (Å²) < 4.78 is 5.37. The number of likely N-dealkylation sites (tertiary alicyclic amines) is 1. The molecule has 15 heavy (non-hydrogen) atoms. The van der Waals surface area contributed by atoms with Crippen LogP contribution in [-0.4, -0.2) is 47.8 Å². The third kappa shape index (κ3) is 1.88. The highest BCUT2D eigenvalue weighted by Gasteiger charge is 2.47. The van der Waals surface area contributed by atoms with Crippen molar-refractivity contribution in [2.45, 2.75) is 37.8 Å². The van der Waals surface area contributed by atoms with Gasteiger partial charge in [-0.3, -0.25) is 9.69 Å². The van der Waals surface area contributed by atoms with E-state index in [1.807, 2.05) is 0 Å². The average molecular weight is 213 g/mol. The molecule has 0 aromatic carbocycles. The van der Waals surface area contributed by atoms with E-state index in [2.05, 4.69) is 11.8 Å². The van der Waals surface area contributed by atoms with Gasteiger partial charge in [0.15, 0.2) is 0 Å². The molecular formula is C11H19NO3. The summed E-state index contributed by atoms with van der Waals surface area (Å²) in [6.07, 6.45) is 2.90. The van der Waals surface area contributed by atoms with Crippen molar-refractivity contribution in [3.8, 4) is 0 Å². The number of hydrogen-bond acceptors (Lipinski definition) is 3. The lowest BCUT2D eigenvalue weighted by molar-refractivity contribution is -0.153. The monoisotopic (exact) mass is 213 g/mol. The number of nitrogens with zero attached hydrogens (tertiary/aromatic N) is 1. The van der Waals surface area contributed by atoms with Crippen LogP contribution in [0.25, 0.3) is 0 Å². The normalized spacial score (nSPS) is 35.1. The predicted molar refractivity (Wildman–Crippen MR) is 55.8 cm³/mol. The number of carboxylic acid groups (broad SMARTS) is 1. The van der Waals surface area contributed by atoms with Crippen molar-refractivity contribution in [2.24, 2.45) is 5.92 Å². The van der Waals surface area contributed by atoms with E-state index in [1.54, 1.807) is 7.11 Å². The molecule has 0 aromatic heterocycles. The summed E-state index contributed by atoms with van der Waals surface area (Å²) in [7, 11) is 1.72. The summed E-state index contributed by atoms with van der Waals surface area (Å²) in [5.41, 5.74) is -0.0500. The third-order valence-corrected chi connectivity index (χ3v) is 3.83. The standard InChI is InChI=1S/C11H19NO3/c1-11(15-2)6-12(7-11)9-5-3-4-8(9)10(13)14/h8-9H,3-7H2,1-2H3,(H,13,14). The first-order valence-electron chi connectivity index (χ1n) is 5.58. The van der Waals surface area contributed by atoms with E-state index < -0.39 is 5.97 Å². The largest absolute Gasteiger partial charge is 0.481 e. The van der Waals surface area contributed by atoms with Gasteiger partial charge in [0.2, 0.25) is 0 Å². The van der Waals surface area contributed by atoms with Crippen molar-refractivity contribution >= 4 is 5.97 Å². The molecule has 2 fully saturated rings. The number of carbonyl (C=O) groups is 1. The summed E-state index contributed by atoms with van der Waals surface area (Å²) in [4.78, 5) is 13.3. The summed E-state index contributed by atoms with van der Waals surface area (Å²) >= 11 is 0. The SMILES string of the molecule is COC1(C)CN(C2CCCC2C(=O)O)C1. The molecule has 2 rings (SSSR count). The molecule has 0 spiro atoms. The van der Waals surface area contributed by atoms with E-state index in [1.165, 1.54) is 0 Å². The van der Waals surface area contributed by atoms with Gasteiger partial charge in [-0.1, -0.05) is 6.42 Å². The van der Waals surface area contributed by atoms with Crippen molar-refractivity contribution in [1.29, 1.82) is 0 Å². The maximum atomic E-state index is 11.0. The van der Waals surface area contributed by atoms with Crippen LogP contribution in [0.5, 0.6) is 0 Å². The molecule has 2 aliphatic rings. The molecule has 0 aromatic rings. The molecule has 2 unspecified atom stereocenters. The van der Waals surface area contributed by atoms with Gasteiger partial charge in [-0.05, 0) is 19.8 Å². The number of hydrogen-bond donors (Lipinski definition) is 1. The van der Waals surface area contributed by atoms with Crippen molar-refractivity contribution in [3.05, 3.63) is 0 Å². The number of rotatable bonds is 3. The van der Waals surface area contributed by atoms with E-state index in [9.17, 15) is 4.79 Å². The number of methoxy groups -OCH3 is 1. The average Bonchev–Trinajstić information content (AvgIpc) is 2.61. The van der Waals surface area contributed by atoms with Gasteiger partial charge in [0.05, 0.1) is 11.5 Å². The Kier molecular flexibility index (Phi) is 2.73. The molecule has 1 saturated heterocycles. The Balaban J connectivity index is 1.93. The van der Waals surface area contributed by atoms with Gasteiger partial charge in [0.1, 0.15) is 0 Å². The fraction of sp³-hybridized carbons (Fsp3) is 0.909. The summed E-state index contributed by atoms with van der Waals surface area (Å²) in [5.74, 6) is -0.796. The highest BCUT2D eigenvalue weighted by Crippen LogP contribution is 2.36. The van der Waals surface area contributed by atoms with Crippen molar-refractivity contribution in [2.75, 3.05) is 20.2 Å². The van der Waals surface area contributed by atoms with Gasteiger partial charge >= 0.3 is 5.97 Å². The molecule has 0 radical (unpaired) electrons. The lowest BCUT2D eigenvalue weighted by Crippen LogP contribution is -2.64. The fourth-order valence-corrected chi connectivity index (χ4v) is 2.84. The maximum absolute atomic E-state index is 11.0. The molecule has 86 valence electrons. The molecule has 0 bridgehead atoms. The smallest absolute Gasteiger partial charge is 0.308 e. The minimum absolute atomic E-state index is 0.0500. The van der Waals surface area contributed by atoms with Crippen LogP contribution in [-0.2, 0) is 9.53 Å². The zero-order valence-electron chi connectivity index (χ0n) is 9.40. The maximum Gasteiger partial charge on any atom is 0.308 e. The van der Waals surface area contributed by atoms with Crippen LogP contribution in [0.2, 0.25) is 0 Å². The second kappa shape index (κ2) is 3.76. The van der Waals surface area contributed by atoms with Crippen molar-refractivity contribution in [3.63, 3.8) is 0 Å². The molecule has 1 aliphatic heterocycles. The first kappa shape index (κ1) is 10.9. The summed E-state index contributed by atoms with van der Waals surface area (Å²) in [6.45, 7) is 3.82. The number of carboxylic acids is 1. The highest BCUT2D eigenvalue weighted by molar-refractivity contribution is 5.71. The number of aliphatic carboxylic acids is 1. The minimum Gasteiger partial charge on any atom is -0.481 e. The Bertz CT molecular complexity index is 261. The Morgan fingerprint density at radius 2 is 2.13 bits per heavy atom. The lowest BCUT2D eigenvalue weighted by Gasteiger charge is -2.50. The Hall–Kier alpha value is -0.610. The predicted octanol–water partition coefficient (Wildman–Crippen LogP) is 0.960. The fourth-order valence-electron chi connectivity index (χ4n) is 2.84. The van der Waals surface area contributed by atoms with Crippen LogP contribution < -0.4 is 0 Å². The van der Waals surface area contributed by atoms with Gasteiger partial charge in [0, 0.05) is 26.2 Å². The molecule has 4 nitrogen and oxygen atoms in total. The first-order valence-corrected chi connectivity index (χ1v) is 5.58. The molecule has 4 heteroatoms. The third-order valence-electron chi connectivity index (χ3n) is 3.83. The van der Waals surface area contributed by atoms with Gasteiger partial charge in [-0.25, -0.2) is 0 Å². The van der Waals surface area contributed by atoms with E-state index in [-0.39, 0.29) is 17.6 Å². The minimum atomic E-state index is -0.636. The quantitative estimate of drug-likeness (QED) is 0.758. The van der Waals surface area contributed by atoms with Gasteiger partial charge in [-0.2, -0.15) is 0 Å². The topological polar surface area (TPSA) is 49.8 Å². The Labute approximate surface area is 90.2 Å². The Morgan fingerprint density at radius 3 is 2.67 bits per heavy atom. The zero-order valence-corrected chi connectivity index (χ0v) is 9.40. The van der Waals surface area contributed by atoms with Crippen LogP contribution in [0.4, 0.5) is 0 Å². The summed E-state index contributed by atoms with van der Waals surface area (Å²) in [5, 5.41) is 9.08. The van der Waals surface area contributed by atoms with Gasteiger partial charge in [-0.15, -0.1) is 0 Å². The molecule has 2 atom stereocenters. The lowest BCUT2D eigenvalue weighted by atomic mass is 9.90. The molecular weight excluding hydrogens is 194 g/mol. The zero-order chi connectivity index (χ0) is 11.1. The molecule has 1 aliphatic carbocycles. The van der Waals surface area contributed by atoms with E-state index in [4.69, 9.17) is 9.84 Å². The first-order chi connectivity index (χ1) is 7.06. The van der Waals surface area contributed by atoms with E-state index in [0.29, 0.717) is 0 Å². The van der Waals surface area contributed by atoms with Crippen LogP contribution in [0.15, 0.2) is 0 Å². The van der Waals surface area contributed by atoms with Gasteiger partial charge < -0.3 is 9.84 Å². The summed E-state index contributed by atoms with van der Waals surface area (Å²) in [6, 6.07) is 0.241. The number of ether oxygens (including phenoxy) is 1. The van der Waals surface area contributed by atoms with E-state index in [0.717, 1.165) is 32.4 Å². The van der Waals surface area contributed by atoms with Gasteiger partial charge in [0.25, 0.3) is 0 Å². The van der Waals surface area contributed by atoms with Crippen LogP contribution in [0, 0.1) is 5.92 Å². The van der Waals surface area contributed by atoms with Crippen molar-refractivity contribution < 1.29 is 14.6 Å². The molecule has 0 amide bonds. The second-order valence-electron chi connectivity index (χ2n) is 5.00.